The van der Waals surface area contributed by atoms with Crippen molar-refractivity contribution in [3.63, 3.8) is 0 Å². The van der Waals surface area contributed by atoms with E-state index < -0.39 is 0 Å². The van der Waals surface area contributed by atoms with Crippen LogP contribution in [0.25, 0.3) is 0 Å². The molecule has 0 atom stereocenters. The molecule has 2 heterocycles. The Hall–Kier alpha value is -1.14. The van der Waals surface area contributed by atoms with Crippen molar-refractivity contribution in [3.8, 4) is 0 Å². The average Bonchev–Trinajstić information content (AvgIpc) is 2.67. The van der Waals surface area contributed by atoms with Crippen molar-refractivity contribution in [3.05, 3.63) is 0 Å². The molecule has 0 aliphatic carbocycles. The van der Waals surface area contributed by atoms with E-state index in [4.69, 9.17) is 4.74 Å². The van der Waals surface area contributed by atoms with Crippen LogP contribution in [0.2, 0.25) is 0 Å². The van der Waals surface area contributed by atoms with E-state index in [0.29, 0.717) is 26.2 Å². The molecule has 0 aromatic carbocycles. The molecule has 0 bridgehead atoms. The van der Waals surface area contributed by atoms with Crippen LogP contribution in [-0.2, 0) is 14.3 Å². The molecular weight excluding hydrogens is 342 g/mol. The zero-order valence-electron chi connectivity index (χ0n) is 17.5. The van der Waals surface area contributed by atoms with E-state index in [1.165, 1.54) is 0 Å². The van der Waals surface area contributed by atoms with Crippen molar-refractivity contribution >= 4 is 11.8 Å². The molecule has 0 unspecified atom stereocenters. The third kappa shape index (κ3) is 7.78. The van der Waals surface area contributed by atoms with Gasteiger partial charge < -0.3 is 19.9 Å². The van der Waals surface area contributed by atoms with Gasteiger partial charge in [0.1, 0.15) is 0 Å². The normalized spacial score (nSPS) is 20.2. The van der Waals surface area contributed by atoms with Gasteiger partial charge in [-0.05, 0) is 64.1 Å². The Morgan fingerprint density at radius 1 is 1.04 bits per heavy atom. The fraction of sp³-hybridized carbons (Fsp3) is 0.905. The van der Waals surface area contributed by atoms with Gasteiger partial charge in [0.25, 0.3) is 0 Å². The van der Waals surface area contributed by atoms with E-state index in [0.717, 1.165) is 70.1 Å². The van der Waals surface area contributed by atoms with Gasteiger partial charge in [-0.2, -0.15) is 0 Å². The SMILES string of the molecule is CC(C)C1CCN(C(=O)CCCOCCNC(=O)C2CCN(C)CC2)CC1. The number of rotatable bonds is 9. The molecule has 6 nitrogen and oxygen atoms in total. The van der Waals surface area contributed by atoms with Gasteiger partial charge in [-0.15, -0.1) is 0 Å². The quantitative estimate of drug-likeness (QED) is 0.622. The van der Waals surface area contributed by atoms with Crippen molar-refractivity contribution in [2.24, 2.45) is 17.8 Å². The number of hydrogen-bond donors (Lipinski definition) is 1. The lowest BCUT2D eigenvalue weighted by Gasteiger charge is -2.34. The lowest BCUT2D eigenvalue weighted by atomic mass is 9.86. The first-order chi connectivity index (χ1) is 13.0. The van der Waals surface area contributed by atoms with Crippen molar-refractivity contribution in [1.82, 2.24) is 15.1 Å². The summed E-state index contributed by atoms with van der Waals surface area (Å²) in [7, 11) is 2.10. The zero-order chi connectivity index (χ0) is 19.6. The van der Waals surface area contributed by atoms with Crippen molar-refractivity contribution in [2.75, 3.05) is 53.0 Å². The molecule has 27 heavy (non-hydrogen) atoms. The molecule has 0 aromatic rings. The minimum Gasteiger partial charge on any atom is -0.380 e. The highest BCUT2D eigenvalue weighted by molar-refractivity contribution is 5.78. The molecule has 2 rings (SSSR count). The highest BCUT2D eigenvalue weighted by Gasteiger charge is 2.24. The summed E-state index contributed by atoms with van der Waals surface area (Å²) >= 11 is 0. The molecule has 0 aromatic heterocycles. The minimum atomic E-state index is 0.152. The van der Waals surface area contributed by atoms with Gasteiger partial charge in [0, 0.05) is 38.6 Å². The first-order valence-corrected chi connectivity index (χ1v) is 10.8. The van der Waals surface area contributed by atoms with Crippen molar-refractivity contribution < 1.29 is 14.3 Å². The van der Waals surface area contributed by atoms with Crippen LogP contribution in [-0.4, -0.2) is 74.6 Å². The van der Waals surface area contributed by atoms with E-state index in [1.807, 2.05) is 4.90 Å². The molecule has 2 amide bonds. The fourth-order valence-corrected chi connectivity index (χ4v) is 4.06. The summed E-state index contributed by atoms with van der Waals surface area (Å²) < 4.78 is 5.58. The molecular formula is C21H39N3O3. The predicted octanol–water partition coefficient (Wildman–Crippen LogP) is 2.14. The number of ether oxygens (including phenoxy) is 1. The Morgan fingerprint density at radius 2 is 1.70 bits per heavy atom. The van der Waals surface area contributed by atoms with Crippen LogP contribution in [0.4, 0.5) is 0 Å². The lowest BCUT2D eigenvalue weighted by molar-refractivity contribution is -0.133. The summed E-state index contributed by atoms with van der Waals surface area (Å²) in [5, 5.41) is 2.97. The molecule has 6 heteroatoms. The minimum absolute atomic E-state index is 0.152. The van der Waals surface area contributed by atoms with Crippen LogP contribution in [0, 0.1) is 17.8 Å². The molecule has 2 aliphatic rings. The maximum atomic E-state index is 12.3. The molecule has 0 saturated carbocycles. The lowest BCUT2D eigenvalue weighted by Crippen LogP contribution is -2.40. The van der Waals surface area contributed by atoms with Crippen LogP contribution in [0.5, 0.6) is 0 Å². The van der Waals surface area contributed by atoms with E-state index in [1.54, 1.807) is 0 Å². The Morgan fingerprint density at radius 3 is 2.33 bits per heavy atom. The number of piperidine rings is 2. The highest BCUT2D eigenvalue weighted by atomic mass is 16.5. The molecule has 0 radical (unpaired) electrons. The number of nitrogens with one attached hydrogen (secondary N) is 1. The highest BCUT2D eigenvalue weighted by Crippen LogP contribution is 2.24. The Labute approximate surface area is 165 Å². The first-order valence-electron chi connectivity index (χ1n) is 10.8. The van der Waals surface area contributed by atoms with Gasteiger partial charge in [-0.25, -0.2) is 0 Å². The number of hydrogen-bond acceptors (Lipinski definition) is 4. The number of likely N-dealkylation sites (tertiary alicyclic amines) is 2. The van der Waals surface area contributed by atoms with Gasteiger partial charge in [0.2, 0.25) is 11.8 Å². The van der Waals surface area contributed by atoms with Crippen LogP contribution < -0.4 is 5.32 Å². The summed E-state index contributed by atoms with van der Waals surface area (Å²) in [6, 6.07) is 0. The number of nitrogens with zero attached hydrogens (tertiary/aromatic N) is 2. The van der Waals surface area contributed by atoms with Crippen LogP contribution in [0.1, 0.15) is 52.4 Å². The third-order valence-electron chi connectivity index (χ3n) is 6.15. The topological polar surface area (TPSA) is 61.9 Å². The number of amides is 2. The van der Waals surface area contributed by atoms with Gasteiger partial charge in [0.05, 0.1) is 6.61 Å². The van der Waals surface area contributed by atoms with Gasteiger partial charge in [0.15, 0.2) is 0 Å². The summed E-state index contributed by atoms with van der Waals surface area (Å²) in [6.45, 7) is 10.0. The second-order valence-corrected chi connectivity index (χ2v) is 8.55. The van der Waals surface area contributed by atoms with E-state index >= 15 is 0 Å². The number of carbonyl (C=O) groups excluding carboxylic acids is 2. The van der Waals surface area contributed by atoms with Crippen molar-refractivity contribution in [1.29, 1.82) is 0 Å². The second-order valence-electron chi connectivity index (χ2n) is 8.55. The van der Waals surface area contributed by atoms with Crippen LogP contribution in [0.15, 0.2) is 0 Å². The van der Waals surface area contributed by atoms with Crippen molar-refractivity contribution in [2.45, 2.75) is 52.4 Å². The number of carbonyl (C=O) groups is 2. The Kier molecular flexibility index (Phi) is 9.56. The average molecular weight is 382 g/mol. The fourth-order valence-electron chi connectivity index (χ4n) is 4.06. The van der Waals surface area contributed by atoms with E-state index in [2.05, 4.69) is 31.1 Å². The van der Waals surface area contributed by atoms with Crippen LogP contribution in [0.3, 0.4) is 0 Å². The van der Waals surface area contributed by atoms with Gasteiger partial charge >= 0.3 is 0 Å². The Balaban J connectivity index is 1.45. The smallest absolute Gasteiger partial charge is 0.223 e. The maximum Gasteiger partial charge on any atom is 0.223 e. The summed E-state index contributed by atoms with van der Waals surface area (Å²) in [6.07, 6.45) is 5.48. The molecule has 1 N–H and O–H groups in total. The molecule has 2 fully saturated rings. The van der Waals surface area contributed by atoms with Gasteiger partial charge in [-0.3, -0.25) is 9.59 Å². The molecule has 2 aliphatic heterocycles. The monoisotopic (exact) mass is 381 g/mol. The molecule has 0 spiro atoms. The van der Waals surface area contributed by atoms with Crippen LogP contribution >= 0.6 is 0 Å². The molecule has 2 saturated heterocycles. The standard InChI is InChI=1S/C21H39N3O3/c1-17(2)18-8-13-24(14-9-18)20(25)5-4-15-27-16-10-22-21(26)19-6-11-23(3)12-7-19/h17-19H,4-16H2,1-3H3,(H,22,26). The summed E-state index contributed by atoms with van der Waals surface area (Å²) in [5.41, 5.74) is 0. The maximum absolute atomic E-state index is 12.3. The predicted molar refractivity (Wildman–Crippen MR) is 107 cm³/mol. The Bertz CT molecular complexity index is 454. The summed E-state index contributed by atoms with van der Waals surface area (Å²) in [5.74, 6) is 2.06. The van der Waals surface area contributed by atoms with E-state index in [9.17, 15) is 9.59 Å². The first kappa shape index (κ1) is 22.2. The van der Waals surface area contributed by atoms with Gasteiger partial charge in [-0.1, -0.05) is 13.8 Å². The third-order valence-corrected chi connectivity index (χ3v) is 6.15. The zero-order valence-corrected chi connectivity index (χ0v) is 17.5. The molecule has 156 valence electrons. The van der Waals surface area contributed by atoms with E-state index in [-0.39, 0.29) is 17.7 Å². The second kappa shape index (κ2) is 11.6. The largest absolute Gasteiger partial charge is 0.380 e. The summed E-state index contributed by atoms with van der Waals surface area (Å²) in [4.78, 5) is 28.6.